The number of cyclic esters (lactones) is 1. The lowest BCUT2D eigenvalue weighted by Gasteiger charge is -2.35. The number of hydrogen-bond acceptors (Lipinski definition) is 6. The third kappa shape index (κ3) is 2.91. The molecule has 2 aliphatic heterocycles. The van der Waals surface area contributed by atoms with Crippen molar-refractivity contribution in [3.63, 3.8) is 0 Å². The van der Waals surface area contributed by atoms with Gasteiger partial charge in [0.05, 0.1) is 11.4 Å². The Morgan fingerprint density at radius 1 is 1.25 bits per heavy atom. The van der Waals surface area contributed by atoms with Crippen LogP contribution in [0, 0.1) is 0 Å². The fourth-order valence-electron chi connectivity index (χ4n) is 3.17. The van der Waals surface area contributed by atoms with Crippen molar-refractivity contribution >= 4 is 34.7 Å². The molecule has 0 aromatic carbocycles. The van der Waals surface area contributed by atoms with Gasteiger partial charge in [0.15, 0.2) is 0 Å². The van der Waals surface area contributed by atoms with Crippen molar-refractivity contribution in [3.8, 4) is 9.88 Å². The molecule has 0 atom stereocenters. The quantitative estimate of drug-likeness (QED) is 0.841. The van der Waals surface area contributed by atoms with Gasteiger partial charge in [0.25, 0.3) is 5.91 Å². The summed E-state index contributed by atoms with van der Waals surface area (Å²) in [5.41, 5.74) is 0.516. The number of carbonyl (C=O) groups excluding carboxylic acids is 2. The van der Waals surface area contributed by atoms with Gasteiger partial charge in [-0.3, -0.25) is 4.79 Å². The highest BCUT2D eigenvalue weighted by molar-refractivity contribution is 7.20. The number of likely N-dealkylation sites (tertiary alicyclic amines) is 1. The number of thiazole rings is 1. The maximum Gasteiger partial charge on any atom is 0.410 e. The van der Waals surface area contributed by atoms with Gasteiger partial charge in [-0.05, 0) is 24.3 Å². The second-order valence-corrected chi connectivity index (χ2v) is 7.65. The normalized spacial score (nSPS) is 18.9. The molecular weight excluding hydrogens is 346 g/mol. The summed E-state index contributed by atoms with van der Waals surface area (Å²) in [6.07, 6.45) is 1.37. The number of piperidine rings is 1. The number of hydrogen-bond donors (Lipinski definition) is 0. The molecule has 4 rings (SSSR count). The molecule has 0 unspecified atom stereocenters. The first-order valence-electron chi connectivity index (χ1n) is 7.94. The van der Waals surface area contributed by atoms with Crippen LogP contribution in [0.2, 0.25) is 0 Å². The molecule has 0 spiro atoms. The first-order valence-corrected chi connectivity index (χ1v) is 9.70. The van der Waals surface area contributed by atoms with Crippen LogP contribution >= 0.6 is 22.7 Å². The van der Waals surface area contributed by atoms with Crippen molar-refractivity contribution in [1.82, 2.24) is 14.8 Å². The van der Waals surface area contributed by atoms with Gasteiger partial charge in [-0.1, -0.05) is 6.07 Å². The monoisotopic (exact) mass is 363 g/mol. The number of aromatic nitrogens is 1. The van der Waals surface area contributed by atoms with Gasteiger partial charge in [-0.15, -0.1) is 22.7 Å². The van der Waals surface area contributed by atoms with E-state index in [2.05, 4.69) is 4.98 Å². The Morgan fingerprint density at radius 2 is 2.08 bits per heavy atom. The van der Waals surface area contributed by atoms with Crippen molar-refractivity contribution in [2.24, 2.45) is 0 Å². The van der Waals surface area contributed by atoms with E-state index in [9.17, 15) is 9.59 Å². The van der Waals surface area contributed by atoms with E-state index < -0.39 is 0 Å². The molecule has 2 aromatic rings. The van der Waals surface area contributed by atoms with Gasteiger partial charge < -0.3 is 14.5 Å². The van der Waals surface area contributed by atoms with Crippen LogP contribution in [0.5, 0.6) is 0 Å². The zero-order valence-electron chi connectivity index (χ0n) is 13.0. The zero-order valence-corrected chi connectivity index (χ0v) is 14.6. The van der Waals surface area contributed by atoms with Crippen molar-refractivity contribution in [2.75, 3.05) is 26.2 Å². The van der Waals surface area contributed by atoms with Crippen LogP contribution in [0.25, 0.3) is 9.88 Å². The fourth-order valence-corrected chi connectivity index (χ4v) is 4.77. The van der Waals surface area contributed by atoms with Gasteiger partial charge in [0.2, 0.25) is 0 Å². The summed E-state index contributed by atoms with van der Waals surface area (Å²) in [7, 11) is 0. The average molecular weight is 363 g/mol. The molecule has 2 aromatic heterocycles. The maximum atomic E-state index is 12.6. The topological polar surface area (TPSA) is 62.7 Å². The molecule has 0 bridgehead atoms. The minimum atomic E-state index is -0.222. The van der Waals surface area contributed by atoms with Crippen LogP contribution in [-0.4, -0.2) is 59.1 Å². The van der Waals surface area contributed by atoms with Crippen LogP contribution < -0.4 is 0 Å². The molecule has 6 nitrogen and oxygen atoms in total. The lowest BCUT2D eigenvalue weighted by atomic mass is 10.0. The molecule has 0 aliphatic carbocycles. The molecule has 0 radical (unpaired) electrons. The lowest BCUT2D eigenvalue weighted by Crippen LogP contribution is -2.47. The molecular formula is C16H17N3O3S2. The Hall–Kier alpha value is -1.93. The van der Waals surface area contributed by atoms with Gasteiger partial charge in [-0.25, -0.2) is 9.78 Å². The highest BCUT2D eigenvalue weighted by Crippen LogP contribution is 2.29. The molecule has 2 aliphatic rings. The molecule has 0 saturated carbocycles. The van der Waals surface area contributed by atoms with Crippen LogP contribution in [0.3, 0.4) is 0 Å². The Kier molecular flexibility index (Phi) is 4.24. The number of amides is 2. The highest BCUT2D eigenvalue weighted by Gasteiger charge is 2.33. The van der Waals surface area contributed by atoms with E-state index in [4.69, 9.17) is 4.74 Å². The van der Waals surface area contributed by atoms with E-state index in [0.717, 1.165) is 22.7 Å². The van der Waals surface area contributed by atoms with E-state index in [1.54, 1.807) is 16.2 Å². The van der Waals surface area contributed by atoms with E-state index >= 15 is 0 Å². The van der Waals surface area contributed by atoms with Crippen LogP contribution in [-0.2, 0) is 4.74 Å². The summed E-state index contributed by atoms with van der Waals surface area (Å²) in [5.74, 6) is -0.0171. The number of thiophene rings is 1. The Morgan fingerprint density at radius 3 is 2.75 bits per heavy atom. The first-order chi connectivity index (χ1) is 11.7. The summed E-state index contributed by atoms with van der Waals surface area (Å²) in [5, 5.41) is 4.73. The van der Waals surface area contributed by atoms with Gasteiger partial charge in [-0.2, -0.15) is 0 Å². The molecule has 24 heavy (non-hydrogen) atoms. The smallest absolute Gasteiger partial charge is 0.410 e. The number of nitrogens with zero attached hydrogens (tertiary/aromatic N) is 3. The van der Waals surface area contributed by atoms with E-state index in [0.29, 0.717) is 31.9 Å². The van der Waals surface area contributed by atoms with Crippen molar-refractivity contribution < 1.29 is 14.3 Å². The summed E-state index contributed by atoms with van der Waals surface area (Å²) in [6, 6.07) is 4.18. The van der Waals surface area contributed by atoms with E-state index in [-0.39, 0.29) is 18.0 Å². The first kappa shape index (κ1) is 15.6. The summed E-state index contributed by atoms with van der Waals surface area (Å²) in [4.78, 5) is 33.5. The molecule has 2 fully saturated rings. The maximum absolute atomic E-state index is 12.6. The SMILES string of the molecule is O=C(c1csc(-c2cccs2)n1)N1CCC(N2CCOC2=O)CC1. The number of carbonyl (C=O) groups is 2. The second-order valence-electron chi connectivity index (χ2n) is 5.85. The molecule has 126 valence electrons. The van der Waals surface area contributed by atoms with Crippen molar-refractivity contribution in [2.45, 2.75) is 18.9 Å². The van der Waals surface area contributed by atoms with E-state index in [1.165, 1.54) is 11.3 Å². The summed E-state index contributed by atoms with van der Waals surface area (Å²) in [6.45, 7) is 2.44. The standard InChI is InChI=1S/C16H17N3O3S2/c20-15(12-10-24-14(17-12)13-2-1-9-23-13)18-5-3-11(4-6-18)19-7-8-22-16(19)21/h1-2,9-11H,3-8H2. The Labute approximate surface area is 147 Å². The summed E-state index contributed by atoms with van der Waals surface area (Å²) < 4.78 is 5.00. The number of ether oxygens (including phenoxy) is 1. The van der Waals surface area contributed by atoms with Crippen LogP contribution in [0.15, 0.2) is 22.9 Å². The predicted octanol–water partition coefficient (Wildman–Crippen LogP) is 2.93. The largest absolute Gasteiger partial charge is 0.448 e. The minimum Gasteiger partial charge on any atom is -0.448 e. The average Bonchev–Trinajstić information content (AvgIpc) is 3.35. The third-order valence-electron chi connectivity index (χ3n) is 4.44. The third-order valence-corrected chi connectivity index (χ3v) is 6.32. The Bertz CT molecular complexity index is 736. The van der Waals surface area contributed by atoms with Crippen LogP contribution in [0.1, 0.15) is 23.3 Å². The molecule has 2 saturated heterocycles. The lowest BCUT2D eigenvalue weighted by molar-refractivity contribution is 0.0654. The fraction of sp³-hybridized carbons (Fsp3) is 0.438. The summed E-state index contributed by atoms with van der Waals surface area (Å²) >= 11 is 3.13. The highest BCUT2D eigenvalue weighted by atomic mass is 32.1. The second kappa shape index (κ2) is 6.52. The Balaban J connectivity index is 1.39. The zero-order chi connectivity index (χ0) is 16.5. The van der Waals surface area contributed by atoms with Crippen LogP contribution in [0.4, 0.5) is 4.79 Å². The molecule has 4 heterocycles. The molecule has 0 N–H and O–H groups in total. The van der Waals surface area contributed by atoms with Gasteiger partial charge in [0, 0.05) is 24.5 Å². The predicted molar refractivity (Wildman–Crippen MR) is 92.4 cm³/mol. The van der Waals surface area contributed by atoms with Crippen molar-refractivity contribution in [1.29, 1.82) is 0 Å². The van der Waals surface area contributed by atoms with Gasteiger partial charge in [0.1, 0.15) is 17.3 Å². The molecule has 2 amide bonds. The van der Waals surface area contributed by atoms with E-state index in [1.807, 2.05) is 27.8 Å². The number of rotatable bonds is 3. The van der Waals surface area contributed by atoms with Crippen molar-refractivity contribution in [3.05, 3.63) is 28.6 Å². The minimum absolute atomic E-state index is 0.0171. The molecule has 8 heteroatoms. The van der Waals surface area contributed by atoms with Gasteiger partial charge >= 0.3 is 6.09 Å².